The Labute approximate surface area is 359 Å². The third-order valence-corrected chi connectivity index (χ3v) is 9.01. The number of halogens is 33. The van der Waals surface area contributed by atoms with Crippen LogP contribution in [0.3, 0.4) is 0 Å². The van der Waals surface area contributed by atoms with E-state index in [-0.39, 0.29) is 47.2 Å². The number of rotatable bonds is 25. The summed E-state index contributed by atoms with van der Waals surface area (Å²) in [5, 5.41) is -2.95. The Hall–Kier alpha value is -2.26. The van der Waals surface area contributed by atoms with Crippen LogP contribution < -0.4 is 28.9 Å². The van der Waals surface area contributed by atoms with Crippen LogP contribution in [-0.2, 0) is 19.1 Å². The molecular weight excluding hydrogens is 1160 g/mol. The minimum absolute atomic E-state index is 0. The van der Waals surface area contributed by atoms with Crippen molar-refractivity contribution in [2.75, 3.05) is 39.6 Å². The molecule has 39 heteroatoms. The van der Waals surface area contributed by atoms with E-state index in [4.69, 9.17) is 0 Å². The molecule has 0 amide bonds. The fourth-order valence-electron chi connectivity index (χ4n) is 3.77. The first kappa shape index (κ1) is 64.8. The van der Waals surface area contributed by atoms with Crippen LogP contribution in [0.25, 0.3) is 0 Å². The quantitative estimate of drug-likeness (QED) is 0.0678. The molecule has 0 spiro atoms. The molecule has 0 fully saturated rings. The maximum Gasteiger partial charge on any atom is 0.385 e. The van der Waals surface area contributed by atoms with Crippen LogP contribution in [0.4, 0.5) is 140 Å². The number of esters is 2. The van der Waals surface area contributed by atoms with Gasteiger partial charge < -0.3 is 38.4 Å². The first-order valence-electron chi connectivity index (χ1n) is 15.3. The summed E-state index contributed by atoms with van der Waals surface area (Å²) in [6, 6.07) is 0. The predicted octanol–water partition coefficient (Wildman–Crippen LogP) is 6.14. The Bertz CT molecular complexity index is 1620. The van der Waals surface area contributed by atoms with Crippen LogP contribution in [0.15, 0.2) is 0 Å². The summed E-state index contributed by atoms with van der Waals surface area (Å²) in [7, 11) is 2.38. The Morgan fingerprint density at radius 2 is 0.708 bits per heavy atom. The van der Waals surface area contributed by atoms with E-state index >= 15 is 0 Å². The fraction of sp³-hybridized carbons (Fsp3) is 0.923. The molecule has 390 valence electrons. The minimum Gasteiger partial charge on any atom is -1.00 e. The van der Waals surface area contributed by atoms with Crippen molar-refractivity contribution in [1.82, 2.24) is 0 Å². The highest BCUT2D eigenvalue weighted by Gasteiger charge is 2.95. The van der Waals surface area contributed by atoms with Crippen molar-refractivity contribution in [2.24, 2.45) is 0 Å². The summed E-state index contributed by atoms with van der Waals surface area (Å²) in [6.45, 7) is -8.21. The second-order valence-electron chi connectivity index (χ2n) is 12.8. The van der Waals surface area contributed by atoms with E-state index in [0.717, 1.165) is 0 Å². The van der Waals surface area contributed by atoms with Crippen LogP contribution in [-0.4, -0.2) is 153 Å². The molecule has 0 saturated carbocycles. The SMILES string of the molecule is C[NH+](C)CCSC(CC(=O)OCC(F)(F)C(F)(F)C(F)(F)C(F)(F)C(F)(F)C(F)(F)C(F)(F)C(F)F)C(=O)OCC(F)(F)C(F)(F)C(F)(F)C(F)(F)C(F)(F)C(F)(F)C(F)(F)C(F)F.[I-]. The highest BCUT2D eigenvalue weighted by atomic mass is 127. The number of quaternary nitrogens is 1. The number of thioether (sulfide) groups is 1. The summed E-state index contributed by atoms with van der Waals surface area (Å²) >= 11 is -0.315. The van der Waals surface area contributed by atoms with E-state index in [1.807, 2.05) is 0 Å². The second-order valence-corrected chi connectivity index (χ2v) is 14.1. The Balaban J connectivity index is 0. The number of carbonyl (C=O) groups excluding carboxylic acids is 2. The molecule has 0 aromatic heterocycles. The minimum atomic E-state index is -8.91. The first-order valence-corrected chi connectivity index (χ1v) is 16.3. The fourth-order valence-corrected chi connectivity index (χ4v) is 5.04. The Morgan fingerprint density at radius 1 is 0.446 bits per heavy atom. The van der Waals surface area contributed by atoms with Crippen molar-refractivity contribution in [3.05, 3.63) is 0 Å². The maximum atomic E-state index is 14.2. The average Bonchev–Trinajstić information content (AvgIpc) is 3.11. The molecule has 0 aliphatic carbocycles. The van der Waals surface area contributed by atoms with Crippen LogP contribution in [0.2, 0.25) is 0 Å². The van der Waals surface area contributed by atoms with Gasteiger partial charge >= 0.3 is 108 Å². The third kappa shape index (κ3) is 10.7. The zero-order valence-corrected chi connectivity index (χ0v) is 33.3. The number of carbonyl (C=O) groups is 2. The van der Waals surface area contributed by atoms with Gasteiger partial charge in [0.2, 0.25) is 0 Å². The monoisotopic (exact) mass is 1180 g/mol. The molecule has 0 heterocycles. The van der Waals surface area contributed by atoms with E-state index in [9.17, 15) is 150 Å². The highest BCUT2D eigenvalue weighted by Crippen LogP contribution is 2.64. The van der Waals surface area contributed by atoms with E-state index in [1.54, 1.807) is 0 Å². The molecule has 0 saturated heterocycles. The van der Waals surface area contributed by atoms with Gasteiger partial charge in [0.1, 0.15) is 5.25 Å². The van der Waals surface area contributed by atoms with E-state index in [1.165, 1.54) is 14.1 Å². The zero-order valence-electron chi connectivity index (χ0n) is 30.3. The summed E-state index contributed by atoms with van der Waals surface area (Å²) < 4.78 is 439. The van der Waals surface area contributed by atoms with Crippen LogP contribution in [0.1, 0.15) is 6.42 Å². The Kier molecular flexibility index (Phi) is 19.6. The van der Waals surface area contributed by atoms with E-state index in [2.05, 4.69) is 9.47 Å². The lowest BCUT2D eigenvalue weighted by molar-refractivity contribution is -0.855. The molecule has 0 aromatic carbocycles. The molecule has 1 N–H and O–H groups in total. The number of hydrogen-bond acceptors (Lipinski definition) is 5. The van der Waals surface area contributed by atoms with Crippen LogP contribution in [0.5, 0.6) is 0 Å². The van der Waals surface area contributed by atoms with E-state index < -0.39 is 138 Å². The van der Waals surface area contributed by atoms with Crippen LogP contribution in [0, 0.1) is 0 Å². The van der Waals surface area contributed by atoms with Crippen molar-refractivity contribution in [1.29, 1.82) is 0 Å². The lowest BCUT2D eigenvalue weighted by Gasteiger charge is -2.42. The standard InChI is InChI=1S/C26H19F32NO4S.HI/c1-59(2)3-4-64-8(10(61)63-7-14(33,34)18(41,42)22(49,50)26(57,58)24(53,54)20(45,46)16(37,38)12(29)30)5-9(60)62-6-13(31,32)17(39,40)21(47,48)25(55,56)23(51,52)19(43,44)15(35,36)11(27)28;/h8,11-12H,3-7H2,1-2H3;1H. The van der Waals surface area contributed by atoms with Gasteiger partial charge in [0, 0.05) is 5.75 Å². The average molecular weight is 1180 g/mol. The van der Waals surface area contributed by atoms with Gasteiger partial charge in [-0.25, -0.2) is 17.6 Å². The number of alkyl halides is 32. The van der Waals surface area contributed by atoms with Gasteiger partial charge in [-0.3, -0.25) is 9.59 Å². The lowest BCUT2D eigenvalue weighted by atomic mass is 9.89. The molecular formula is C26H20F32INO4S. The molecule has 0 aromatic rings. The molecule has 0 aliphatic rings. The number of hydrogen-bond donors (Lipinski definition) is 1. The zero-order chi connectivity index (χ0) is 52.1. The molecule has 0 rings (SSSR count). The topological polar surface area (TPSA) is 57.0 Å². The molecule has 1 unspecified atom stereocenters. The number of ether oxygens (including phenoxy) is 2. The van der Waals surface area contributed by atoms with Gasteiger partial charge in [0.05, 0.1) is 27.1 Å². The molecule has 0 bridgehead atoms. The molecule has 5 nitrogen and oxygen atoms in total. The molecule has 0 aliphatic heterocycles. The van der Waals surface area contributed by atoms with Gasteiger partial charge in [-0.15, -0.1) is 11.8 Å². The summed E-state index contributed by atoms with van der Waals surface area (Å²) in [5.41, 5.74) is 0. The molecule has 1 atom stereocenters. The second kappa shape index (κ2) is 19.6. The molecule has 0 radical (unpaired) electrons. The van der Waals surface area contributed by atoms with Gasteiger partial charge in [0.25, 0.3) is 0 Å². The summed E-state index contributed by atoms with van der Waals surface area (Å²) in [6.07, 6.45) is -14.7. The van der Waals surface area contributed by atoms with Gasteiger partial charge in [-0.05, 0) is 0 Å². The normalized spacial score (nSPS) is 16.0. The molecule has 65 heavy (non-hydrogen) atoms. The lowest BCUT2D eigenvalue weighted by Crippen LogP contribution is -3.06. The van der Waals surface area contributed by atoms with E-state index in [0.29, 0.717) is 0 Å². The maximum absolute atomic E-state index is 14.2. The number of nitrogens with one attached hydrogen (secondary N) is 1. The largest absolute Gasteiger partial charge is 1.00 e. The van der Waals surface area contributed by atoms with Crippen LogP contribution >= 0.6 is 11.8 Å². The van der Waals surface area contributed by atoms with Crippen molar-refractivity contribution in [2.45, 2.75) is 107 Å². The smallest absolute Gasteiger partial charge is 0.385 e. The van der Waals surface area contributed by atoms with Gasteiger partial charge in [-0.2, -0.15) is 123 Å². The van der Waals surface area contributed by atoms with Crippen molar-refractivity contribution in [3.8, 4) is 0 Å². The third-order valence-electron chi connectivity index (χ3n) is 7.81. The van der Waals surface area contributed by atoms with Gasteiger partial charge in [-0.1, -0.05) is 0 Å². The van der Waals surface area contributed by atoms with Crippen molar-refractivity contribution in [3.63, 3.8) is 0 Å². The highest BCUT2D eigenvalue weighted by molar-refractivity contribution is 8.00. The Morgan fingerprint density at radius 3 is 0.985 bits per heavy atom. The summed E-state index contributed by atoms with van der Waals surface area (Å²) in [4.78, 5) is 24.5. The predicted molar refractivity (Wildman–Crippen MR) is 142 cm³/mol. The van der Waals surface area contributed by atoms with Crippen molar-refractivity contribution < 1.29 is 188 Å². The first-order chi connectivity index (χ1) is 27.7. The van der Waals surface area contributed by atoms with Gasteiger partial charge in [0.15, 0.2) is 13.2 Å². The van der Waals surface area contributed by atoms with Crippen molar-refractivity contribution >= 4 is 23.7 Å². The summed E-state index contributed by atoms with van der Waals surface area (Å²) in [5.74, 6) is -123.